The summed E-state index contributed by atoms with van der Waals surface area (Å²) in [5.74, 6) is -3.60. The van der Waals surface area contributed by atoms with E-state index in [2.05, 4.69) is 13.8 Å². The predicted octanol–water partition coefficient (Wildman–Crippen LogP) is 4.09. The molecule has 0 aliphatic rings. The van der Waals surface area contributed by atoms with Crippen molar-refractivity contribution < 1.29 is 24.9 Å². The molecule has 0 aromatic heterocycles. The third-order valence-electron chi connectivity index (χ3n) is 4.72. The number of carbonyl (C=O) groups is 2. The molecule has 0 aromatic carbocycles. The van der Waals surface area contributed by atoms with Crippen molar-refractivity contribution in [2.45, 2.75) is 110 Å². The topological polar surface area (TPSA) is 94.8 Å². The van der Waals surface area contributed by atoms with Gasteiger partial charge >= 0.3 is 5.97 Å². The minimum absolute atomic E-state index is 0.276. The molecule has 0 aromatic rings. The van der Waals surface area contributed by atoms with Crippen molar-refractivity contribution in [3.8, 4) is 0 Å². The van der Waals surface area contributed by atoms with Gasteiger partial charge in [-0.05, 0) is 12.8 Å². The summed E-state index contributed by atoms with van der Waals surface area (Å²) in [7, 11) is 0. The number of unbranched alkanes of at least 4 members (excludes halogenated alkanes) is 9. The molecular weight excluding hydrogens is 320 g/mol. The molecule has 0 amide bonds. The van der Waals surface area contributed by atoms with Crippen LogP contribution >= 0.6 is 0 Å². The molecule has 0 saturated carbocycles. The summed E-state index contributed by atoms with van der Waals surface area (Å²) in [6.07, 6.45) is 9.17. The smallest absolute Gasteiger partial charge is 0.316 e. The molecule has 25 heavy (non-hydrogen) atoms. The number of aliphatic hydroxyl groups is 2. The largest absolute Gasteiger partial charge is 0.481 e. The van der Waals surface area contributed by atoms with Gasteiger partial charge in [0.2, 0.25) is 0 Å². The van der Waals surface area contributed by atoms with Crippen LogP contribution in [0, 0.1) is 5.92 Å². The van der Waals surface area contributed by atoms with E-state index in [1.165, 1.54) is 6.42 Å². The third-order valence-corrected chi connectivity index (χ3v) is 4.72. The average Bonchev–Trinajstić information content (AvgIpc) is 2.57. The molecule has 0 bridgehead atoms. The Morgan fingerprint density at radius 2 is 1.16 bits per heavy atom. The van der Waals surface area contributed by atoms with Crippen molar-refractivity contribution in [2.24, 2.45) is 5.92 Å². The molecule has 3 N–H and O–H groups in total. The predicted molar refractivity (Wildman–Crippen MR) is 99.5 cm³/mol. The zero-order chi connectivity index (χ0) is 19.1. The van der Waals surface area contributed by atoms with Crippen molar-refractivity contribution in [2.75, 3.05) is 0 Å². The average molecular weight is 359 g/mol. The van der Waals surface area contributed by atoms with Crippen molar-refractivity contribution >= 4 is 11.8 Å². The Labute approximate surface area is 152 Å². The van der Waals surface area contributed by atoms with Crippen LogP contribution in [0.15, 0.2) is 0 Å². The second kappa shape index (κ2) is 15.3. The number of carboxylic acids is 1. The van der Waals surface area contributed by atoms with Crippen LogP contribution in [0.4, 0.5) is 0 Å². The molecule has 0 rings (SSSR count). The molecule has 0 radical (unpaired) electrons. The van der Waals surface area contributed by atoms with Gasteiger partial charge in [0.25, 0.3) is 0 Å². The van der Waals surface area contributed by atoms with Crippen LogP contribution in [0.1, 0.15) is 97.3 Å². The highest BCUT2D eigenvalue weighted by molar-refractivity contribution is 6.01. The van der Waals surface area contributed by atoms with E-state index in [1.807, 2.05) is 0 Å². The summed E-state index contributed by atoms with van der Waals surface area (Å²) < 4.78 is 0. The number of rotatable bonds is 17. The molecule has 0 fully saturated rings. The molecule has 0 aliphatic carbocycles. The SMILES string of the molecule is CCCCCCCCC(O)C(=O)C(C(=O)O)C(O)CCCCCCC. The highest BCUT2D eigenvalue weighted by Gasteiger charge is 2.36. The molecular formula is C20H38O5. The monoisotopic (exact) mass is 358 g/mol. The maximum atomic E-state index is 12.2. The van der Waals surface area contributed by atoms with Gasteiger partial charge in [-0.15, -0.1) is 0 Å². The van der Waals surface area contributed by atoms with E-state index in [1.54, 1.807) is 0 Å². The highest BCUT2D eigenvalue weighted by atomic mass is 16.4. The zero-order valence-corrected chi connectivity index (χ0v) is 16.1. The number of Topliss-reactive ketones (excluding diaryl/α,β-unsaturated/α-hetero) is 1. The lowest BCUT2D eigenvalue weighted by atomic mass is 9.89. The third kappa shape index (κ3) is 11.3. The maximum Gasteiger partial charge on any atom is 0.316 e. The fourth-order valence-corrected chi connectivity index (χ4v) is 3.07. The zero-order valence-electron chi connectivity index (χ0n) is 16.1. The number of hydrogen-bond donors (Lipinski definition) is 3. The minimum atomic E-state index is -1.51. The first kappa shape index (κ1) is 24.1. The Hall–Kier alpha value is -0.940. The summed E-state index contributed by atoms with van der Waals surface area (Å²) in [5.41, 5.74) is 0. The van der Waals surface area contributed by atoms with Crippen molar-refractivity contribution in [3.05, 3.63) is 0 Å². The summed E-state index contributed by atoms with van der Waals surface area (Å²) in [5, 5.41) is 29.4. The number of hydrogen-bond acceptors (Lipinski definition) is 4. The molecule has 5 nitrogen and oxygen atoms in total. The van der Waals surface area contributed by atoms with Gasteiger partial charge in [-0.1, -0.05) is 84.5 Å². The molecule has 3 atom stereocenters. The number of carboxylic acid groups (broad SMARTS) is 1. The van der Waals surface area contributed by atoms with E-state index >= 15 is 0 Å². The van der Waals surface area contributed by atoms with Crippen LogP contribution in [0.5, 0.6) is 0 Å². The van der Waals surface area contributed by atoms with Crippen molar-refractivity contribution in [1.82, 2.24) is 0 Å². The fraction of sp³-hybridized carbons (Fsp3) is 0.900. The molecule has 0 saturated heterocycles. The molecule has 148 valence electrons. The van der Waals surface area contributed by atoms with Gasteiger partial charge in [0.1, 0.15) is 12.0 Å². The second-order valence-corrected chi connectivity index (χ2v) is 7.06. The summed E-state index contributed by atoms with van der Waals surface area (Å²) in [4.78, 5) is 23.6. The van der Waals surface area contributed by atoms with Gasteiger partial charge in [-0.3, -0.25) is 9.59 Å². The maximum absolute atomic E-state index is 12.2. The van der Waals surface area contributed by atoms with Crippen molar-refractivity contribution in [1.29, 1.82) is 0 Å². The standard InChI is InChI=1S/C20H38O5/c1-3-5-7-9-11-13-15-17(22)19(23)18(20(24)25)16(21)14-12-10-8-6-4-2/h16-18,21-22H,3-15H2,1-2H3,(H,24,25). The number of aliphatic carboxylic acids is 1. The lowest BCUT2D eigenvalue weighted by molar-refractivity contribution is -0.154. The Balaban J connectivity index is 4.25. The summed E-state index contributed by atoms with van der Waals surface area (Å²) in [6, 6.07) is 0. The van der Waals surface area contributed by atoms with Gasteiger partial charge in [0, 0.05) is 0 Å². The first-order valence-corrected chi connectivity index (χ1v) is 10.1. The fourth-order valence-electron chi connectivity index (χ4n) is 3.07. The molecule has 0 spiro atoms. The molecule has 5 heteroatoms. The molecule has 0 heterocycles. The van der Waals surface area contributed by atoms with E-state index in [0.29, 0.717) is 12.8 Å². The minimum Gasteiger partial charge on any atom is -0.481 e. The Kier molecular flexibility index (Phi) is 14.7. The van der Waals surface area contributed by atoms with Gasteiger partial charge in [0.15, 0.2) is 5.78 Å². The van der Waals surface area contributed by atoms with E-state index in [9.17, 15) is 24.9 Å². The van der Waals surface area contributed by atoms with Gasteiger partial charge < -0.3 is 15.3 Å². The van der Waals surface area contributed by atoms with Crippen LogP contribution in [0.2, 0.25) is 0 Å². The first-order chi connectivity index (χ1) is 12.0. The normalized spacial score (nSPS) is 14.9. The summed E-state index contributed by atoms with van der Waals surface area (Å²) in [6.45, 7) is 4.25. The van der Waals surface area contributed by atoms with Gasteiger partial charge in [0.05, 0.1) is 6.10 Å². The van der Waals surface area contributed by atoms with E-state index in [0.717, 1.165) is 51.4 Å². The van der Waals surface area contributed by atoms with Gasteiger partial charge in [-0.25, -0.2) is 0 Å². The lowest BCUT2D eigenvalue weighted by Gasteiger charge is -2.21. The quantitative estimate of drug-likeness (QED) is 0.269. The molecule has 3 unspecified atom stereocenters. The highest BCUT2D eigenvalue weighted by Crippen LogP contribution is 2.18. The number of aliphatic hydroxyl groups excluding tert-OH is 2. The first-order valence-electron chi connectivity index (χ1n) is 10.1. The number of carbonyl (C=O) groups excluding carboxylic acids is 1. The summed E-state index contributed by atoms with van der Waals surface area (Å²) >= 11 is 0. The van der Waals surface area contributed by atoms with E-state index in [4.69, 9.17) is 0 Å². The number of ketones is 1. The van der Waals surface area contributed by atoms with Crippen LogP contribution in [-0.2, 0) is 9.59 Å². The van der Waals surface area contributed by atoms with Gasteiger partial charge in [-0.2, -0.15) is 0 Å². The van der Waals surface area contributed by atoms with Crippen LogP contribution in [0.25, 0.3) is 0 Å². The van der Waals surface area contributed by atoms with Crippen molar-refractivity contribution in [3.63, 3.8) is 0 Å². The van der Waals surface area contributed by atoms with Crippen LogP contribution in [0.3, 0.4) is 0 Å². The van der Waals surface area contributed by atoms with E-state index < -0.39 is 29.9 Å². The Morgan fingerprint density at radius 1 is 0.720 bits per heavy atom. The second-order valence-electron chi connectivity index (χ2n) is 7.06. The lowest BCUT2D eigenvalue weighted by Crippen LogP contribution is -2.41. The van der Waals surface area contributed by atoms with Crippen LogP contribution in [-0.4, -0.2) is 39.3 Å². The van der Waals surface area contributed by atoms with Crippen LogP contribution < -0.4 is 0 Å². The Bertz CT molecular complexity index is 356. The van der Waals surface area contributed by atoms with E-state index in [-0.39, 0.29) is 12.8 Å². The Morgan fingerprint density at radius 3 is 1.64 bits per heavy atom. The molecule has 0 aliphatic heterocycles.